The van der Waals surface area contributed by atoms with Crippen molar-refractivity contribution >= 4 is 11.6 Å². The Labute approximate surface area is 104 Å². The van der Waals surface area contributed by atoms with Gasteiger partial charge in [-0.1, -0.05) is 0 Å². The molecule has 0 aromatic carbocycles. The number of aromatic nitrogens is 4. The first-order valence-corrected chi connectivity index (χ1v) is 5.40. The number of hydrogen-bond acceptors (Lipinski definition) is 5. The fourth-order valence-electron chi connectivity index (χ4n) is 1.53. The summed E-state index contributed by atoms with van der Waals surface area (Å²) in [7, 11) is 1.67. The molecule has 7 heteroatoms. The Bertz CT molecular complexity index is 564. The second kappa shape index (κ2) is 4.82. The number of aryl methyl sites for hydroxylation is 1. The molecule has 0 aliphatic carbocycles. The molecule has 0 fully saturated rings. The van der Waals surface area contributed by atoms with Crippen LogP contribution in [0, 0.1) is 6.92 Å². The number of amides is 1. The predicted octanol–water partition coefficient (Wildman–Crippen LogP) is 0.363. The molecule has 0 spiro atoms. The maximum atomic E-state index is 12.1. The highest BCUT2D eigenvalue weighted by atomic mass is 16.2. The standard InChI is InChI=1S/C11H14N6O/c1-7-14-10(16-15-7)6-17(2)11(18)8-5-13-4-3-9(8)12/h3-5H,6H2,1-2H3,(H2,12,13)(H,14,15,16). The van der Waals surface area contributed by atoms with Gasteiger partial charge in [0.1, 0.15) is 5.82 Å². The fraction of sp³-hybridized carbons (Fsp3) is 0.273. The number of hydrogen-bond donors (Lipinski definition) is 2. The number of rotatable bonds is 3. The molecule has 2 aromatic heterocycles. The summed E-state index contributed by atoms with van der Waals surface area (Å²) < 4.78 is 0. The van der Waals surface area contributed by atoms with Gasteiger partial charge in [0.25, 0.3) is 5.91 Å². The van der Waals surface area contributed by atoms with Gasteiger partial charge in [-0.25, -0.2) is 4.98 Å². The third kappa shape index (κ3) is 2.45. The van der Waals surface area contributed by atoms with Crippen LogP contribution in [0.1, 0.15) is 22.0 Å². The molecule has 0 aliphatic heterocycles. The van der Waals surface area contributed by atoms with Gasteiger partial charge in [-0.15, -0.1) is 0 Å². The maximum Gasteiger partial charge on any atom is 0.257 e. The van der Waals surface area contributed by atoms with E-state index in [1.54, 1.807) is 26.2 Å². The molecule has 94 valence electrons. The number of pyridine rings is 1. The topological polar surface area (TPSA) is 101 Å². The minimum Gasteiger partial charge on any atom is -0.398 e. The molecule has 18 heavy (non-hydrogen) atoms. The molecule has 0 bridgehead atoms. The molecule has 0 atom stereocenters. The molecule has 2 rings (SSSR count). The molecule has 0 saturated heterocycles. The van der Waals surface area contributed by atoms with E-state index >= 15 is 0 Å². The van der Waals surface area contributed by atoms with E-state index in [1.165, 1.54) is 11.1 Å². The maximum absolute atomic E-state index is 12.1. The van der Waals surface area contributed by atoms with Crippen LogP contribution in [0.15, 0.2) is 18.5 Å². The van der Waals surface area contributed by atoms with Crippen molar-refractivity contribution in [1.29, 1.82) is 0 Å². The second-order valence-corrected chi connectivity index (χ2v) is 3.96. The molecule has 3 N–H and O–H groups in total. The molecule has 0 saturated carbocycles. The summed E-state index contributed by atoms with van der Waals surface area (Å²) in [5.41, 5.74) is 6.52. The smallest absolute Gasteiger partial charge is 0.257 e. The summed E-state index contributed by atoms with van der Waals surface area (Å²) in [4.78, 5) is 21.6. The summed E-state index contributed by atoms with van der Waals surface area (Å²) in [6, 6.07) is 1.60. The van der Waals surface area contributed by atoms with Crippen molar-refractivity contribution in [2.75, 3.05) is 12.8 Å². The summed E-state index contributed by atoms with van der Waals surface area (Å²) in [5, 5.41) is 6.71. The van der Waals surface area contributed by atoms with Crippen LogP contribution < -0.4 is 5.73 Å². The zero-order valence-corrected chi connectivity index (χ0v) is 10.2. The number of nitrogens with one attached hydrogen (secondary N) is 1. The molecule has 7 nitrogen and oxygen atoms in total. The van der Waals surface area contributed by atoms with Crippen molar-refractivity contribution in [2.24, 2.45) is 0 Å². The van der Waals surface area contributed by atoms with E-state index in [0.29, 0.717) is 29.4 Å². The number of aromatic amines is 1. The van der Waals surface area contributed by atoms with Crippen LogP contribution in [0.5, 0.6) is 0 Å². The van der Waals surface area contributed by atoms with Gasteiger partial charge in [-0.05, 0) is 13.0 Å². The van der Waals surface area contributed by atoms with Crippen molar-refractivity contribution in [1.82, 2.24) is 25.1 Å². The van der Waals surface area contributed by atoms with Gasteiger partial charge in [0.05, 0.1) is 12.1 Å². The zero-order chi connectivity index (χ0) is 13.1. The number of nitrogen functional groups attached to an aromatic ring is 1. The quantitative estimate of drug-likeness (QED) is 0.814. The SMILES string of the molecule is Cc1nc(CN(C)C(=O)c2cnccc2N)n[nH]1. The van der Waals surface area contributed by atoms with Crippen molar-refractivity contribution in [3.05, 3.63) is 35.7 Å². The molecular weight excluding hydrogens is 232 g/mol. The van der Waals surface area contributed by atoms with Gasteiger partial charge in [0.15, 0.2) is 5.82 Å². The number of anilines is 1. The first-order chi connectivity index (χ1) is 8.58. The molecule has 0 radical (unpaired) electrons. The van der Waals surface area contributed by atoms with Crippen LogP contribution in [0.3, 0.4) is 0 Å². The molecule has 0 unspecified atom stereocenters. The number of H-pyrrole nitrogens is 1. The fourth-order valence-corrected chi connectivity index (χ4v) is 1.53. The first-order valence-electron chi connectivity index (χ1n) is 5.40. The van der Waals surface area contributed by atoms with E-state index < -0.39 is 0 Å². The van der Waals surface area contributed by atoms with Crippen LogP contribution in [-0.2, 0) is 6.54 Å². The minimum atomic E-state index is -0.206. The molecule has 0 aliphatic rings. The third-order valence-corrected chi connectivity index (χ3v) is 2.45. The Morgan fingerprint density at radius 1 is 1.56 bits per heavy atom. The second-order valence-electron chi connectivity index (χ2n) is 3.96. The first kappa shape index (κ1) is 12.0. The van der Waals surface area contributed by atoms with Gasteiger partial charge in [0, 0.05) is 25.1 Å². The number of carbonyl (C=O) groups is 1. The van der Waals surface area contributed by atoms with Crippen molar-refractivity contribution < 1.29 is 4.79 Å². The summed E-state index contributed by atoms with van der Waals surface area (Å²) >= 11 is 0. The lowest BCUT2D eigenvalue weighted by molar-refractivity contribution is 0.0782. The normalized spacial score (nSPS) is 10.3. The van der Waals surface area contributed by atoms with Crippen LogP contribution >= 0.6 is 0 Å². The molecule has 1 amide bonds. The van der Waals surface area contributed by atoms with Gasteiger partial charge in [0.2, 0.25) is 0 Å². The number of carbonyl (C=O) groups excluding carboxylic acids is 1. The van der Waals surface area contributed by atoms with E-state index in [-0.39, 0.29) is 5.91 Å². The summed E-state index contributed by atoms with van der Waals surface area (Å²) in [5.74, 6) is 1.07. The van der Waals surface area contributed by atoms with Crippen LogP contribution in [0.2, 0.25) is 0 Å². The van der Waals surface area contributed by atoms with Crippen LogP contribution in [0.4, 0.5) is 5.69 Å². The highest BCUT2D eigenvalue weighted by Crippen LogP contribution is 2.12. The van der Waals surface area contributed by atoms with E-state index in [4.69, 9.17) is 5.73 Å². The minimum absolute atomic E-state index is 0.206. The third-order valence-electron chi connectivity index (χ3n) is 2.45. The highest BCUT2D eigenvalue weighted by Gasteiger charge is 2.16. The Kier molecular flexibility index (Phi) is 3.22. The lowest BCUT2D eigenvalue weighted by atomic mass is 10.2. The predicted molar refractivity (Wildman–Crippen MR) is 65.6 cm³/mol. The zero-order valence-electron chi connectivity index (χ0n) is 10.2. The van der Waals surface area contributed by atoms with Crippen LogP contribution in [0.25, 0.3) is 0 Å². The Morgan fingerprint density at radius 2 is 2.33 bits per heavy atom. The van der Waals surface area contributed by atoms with Crippen molar-refractivity contribution in [3.63, 3.8) is 0 Å². The average Bonchev–Trinajstić information content (AvgIpc) is 2.74. The number of nitrogens with two attached hydrogens (primary N) is 1. The molecule has 2 heterocycles. The molecular formula is C11H14N6O. The monoisotopic (exact) mass is 246 g/mol. The van der Waals surface area contributed by atoms with Crippen LogP contribution in [-0.4, -0.2) is 38.0 Å². The van der Waals surface area contributed by atoms with Gasteiger partial charge < -0.3 is 10.6 Å². The van der Waals surface area contributed by atoms with E-state index in [0.717, 1.165) is 0 Å². The lowest BCUT2D eigenvalue weighted by Gasteiger charge is -2.15. The Hall–Kier alpha value is -2.44. The van der Waals surface area contributed by atoms with Gasteiger partial charge >= 0.3 is 0 Å². The van der Waals surface area contributed by atoms with E-state index in [9.17, 15) is 4.79 Å². The largest absolute Gasteiger partial charge is 0.398 e. The Morgan fingerprint density at radius 3 is 2.94 bits per heavy atom. The molecule has 2 aromatic rings. The van der Waals surface area contributed by atoms with Crippen molar-refractivity contribution in [2.45, 2.75) is 13.5 Å². The van der Waals surface area contributed by atoms with E-state index in [2.05, 4.69) is 20.2 Å². The average molecular weight is 246 g/mol. The number of nitrogens with zero attached hydrogens (tertiary/aromatic N) is 4. The Balaban J connectivity index is 2.12. The lowest BCUT2D eigenvalue weighted by Crippen LogP contribution is -2.27. The van der Waals surface area contributed by atoms with Gasteiger partial charge in [-0.2, -0.15) is 5.10 Å². The van der Waals surface area contributed by atoms with Gasteiger partial charge in [-0.3, -0.25) is 14.9 Å². The highest BCUT2D eigenvalue weighted by molar-refractivity contribution is 5.98. The van der Waals surface area contributed by atoms with E-state index in [1.807, 2.05) is 0 Å². The summed E-state index contributed by atoms with van der Waals surface area (Å²) in [6.45, 7) is 2.12. The summed E-state index contributed by atoms with van der Waals surface area (Å²) in [6.07, 6.45) is 3.00. The van der Waals surface area contributed by atoms with Crippen molar-refractivity contribution in [3.8, 4) is 0 Å².